The molecule has 1 N–H and O–H groups in total. The van der Waals surface area contributed by atoms with Crippen LogP contribution in [0.1, 0.15) is 38.7 Å². The van der Waals surface area contributed by atoms with Gasteiger partial charge in [0.15, 0.2) is 0 Å². The normalized spacial score (nSPS) is 19.5. The smallest absolute Gasteiger partial charge is 0.105 e. The molecule has 1 saturated carbocycles. The number of nitrogens with one attached hydrogen (secondary N) is 1. The first kappa shape index (κ1) is 14.4. The Hall–Kier alpha value is -0.980. The van der Waals surface area contributed by atoms with E-state index >= 15 is 0 Å². The lowest BCUT2D eigenvalue weighted by molar-refractivity contribution is 0.415. The predicted octanol–water partition coefficient (Wildman–Crippen LogP) is 3.90. The molecular weight excluding hydrogens is 252 g/mol. The standard InChI is InChI=1S/C16H22N2S/c1-12-6-4-5-7-15(12)19-13(2)10-16(3,11-17)18-14-8-9-14/h4-7,13-14,18H,8-10H2,1-3H3. The SMILES string of the molecule is Cc1ccccc1SC(C)CC(C)(C#N)NC1CC1. The summed E-state index contributed by atoms with van der Waals surface area (Å²) in [5.41, 5.74) is 0.921. The molecule has 3 heteroatoms. The first-order chi connectivity index (χ1) is 9.02. The van der Waals surface area contributed by atoms with Crippen LogP contribution in [0.15, 0.2) is 29.2 Å². The van der Waals surface area contributed by atoms with Gasteiger partial charge in [-0.1, -0.05) is 25.1 Å². The lowest BCUT2D eigenvalue weighted by atomic mass is 9.98. The summed E-state index contributed by atoms with van der Waals surface area (Å²) in [6.45, 7) is 6.38. The minimum absolute atomic E-state index is 0.393. The van der Waals surface area contributed by atoms with Crippen LogP contribution < -0.4 is 5.32 Å². The van der Waals surface area contributed by atoms with Gasteiger partial charge in [-0.2, -0.15) is 5.26 Å². The summed E-state index contributed by atoms with van der Waals surface area (Å²) in [5, 5.41) is 13.3. The van der Waals surface area contributed by atoms with Crippen LogP contribution in [0.2, 0.25) is 0 Å². The third kappa shape index (κ3) is 4.26. The number of hydrogen-bond acceptors (Lipinski definition) is 3. The quantitative estimate of drug-likeness (QED) is 0.799. The lowest BCUT2D eigenvalue weighted by Gasteiger charge is -2.26. The van der Waals surface area contributed by atoms with Gasteiger partial charge in [-0.25, -0.2) is 0 Å². The molecule has 0 aromatic heterocycles. The van der Waals surface area contributed by atoms with Crippen molar-refractivity contribution < 1.29 is 0 Å². The molecule has 2 unspecified atom stereocenters. The van der Waals surface area contributed by atoms with Crippen LogP contribution >= 0.6 is 11.8 Å². The van der Waals surface area contributed by atoms with E-state index in [9.17, 15) is 5.26 Å². The van der Waals surface area contributed by atoms with E-state index in [-0.39, 0.29) is 0 Å². The van der Waals surface area contributed by atoms with Crippen molar-refractivity contribution in [1.82, 2.24) is 5.32 Å². The molecule has 1 aliphatic carbocycles. The van der Waals surface area contributed by atoms with Gasteiger partial charge in [0, 0.05) is 16.2 Å². The summed E-state index contributed by atoms with van der Waals surface area (Å²) < 4.78 is 0. The van der Waals surface area contributed by atoms with E-state index in [1.54, 1.807) is 0 Å². The third-order valence-electron chi connectivity index (χ3n) is 3.46. The van der Waals surface area contributed by atoms with Gasteiger partial charge in [0.2, 0.25) is 0 Å². The Morgan fingerprint density at radius 2 is 2.16 bits per heavy atom. The van der Waals surface area contributed by atoms with Crippen LogP contribution in [-0.2, 0) is 0 Å². The molecule has 2 rings (SSSR count). The number of rotatable bonds is 6. The Bertz CT molecular complexity index is 476. The highest BCUT2D eigenvalue weighted by atomic mass is 32.2. The molecule has 19 heavy (non-hydrogen) atoms. The minimum Gasteiger partial charge on any atom is -0.297 e. The van der Waals surface area contributed by atoms with Crippen molar-refractivity contribution in [2.45, 2.75) is 61.8 Å². The summed E-state index contributed by atoms with van der Waals surface area (Å²) in [5.74, 6) is 0. The van der Waals surface area contributed by atoms with E-state index in [4.69, 9.17) is 0 Å². The predicted molar refractivity (Wildman–Crippen MR) is 81.3 cm³/mol. The molecule has 0 bridgehead atoms. The van der Waals surface area contributed by atoms with Crippen LogP contribution in [-0.4, -0.2) is 16.8 Å². The molecule has 2 atom stereocenters. The molecule has 0 aliphatic heterocycles. The van der Waals surface area contributed by atoms with E-state index < -0.39 is 5.54 Å². The summed E-state index contributed by atoms with van der Waals surface area (Å²) >= 11 is 1.87. The van der Waals surface area contributed by atoms with E-state index in [2.05, 4.69) is 49.5 Å². The van der Waals surface area contributed by atoms with Crippen LogP contribution in [0, 0.1) is 18.3 Å². The fourth-order valence-corrected chi connectivity index (χ4v) is 3.60. The minimum atomic E-state index is -0.393. The van der Waals surface area contributed by atoms with Gasteiger partial charge in [-0.15, -0.1) is 11.8 Å². The maximum absolute atomic E-state index is 9.41. The summed E-state index contributed by atoms with van der Waals surface area (Å²) in [4.78, 5) is 1.32. The van der Waals surface area contributed by atoms with Gasteiger partial charge in [0.25, 0.3) is 0 Å². The average molecular weight is 274 g/mol. The first-order valence-corrected chi connectivity index (χ1v) is 7.81. The highest BCUT2D eigenvalue weighted by Gasteiger charge is 2.33. The van der Waals surface area contributed by atoms with Crippen LogP contribution in [0.4, 0.5) is 0 Å². The number of hydrogen-bond donors (Lipinski definition) is 1. The van der Waals surface area contributed by atoms with Crippen molar-refractivity contribution in [3.8, 4) is 6.07 Å². The molecule has 1 fully saturated rings. The fraction of sp³-hybridized carbons (Fsp3) is 0.562. The molecule has 0 amide bonds. The Morgan fingerprint density at radius 1 is 1.47 bits per heavy atom. The van der Waals surface area contributed by atoms with Crippen LogP contribution in [0.25, 0.3) is 0 Å². The highest BCUT2D eigenvalue weighted by molar-refractivity contribution is 8.00. The van der Waals surface area contributed by atoms with Crippen LogP contribution in [0.5, 0.6) is 0 Å². The number of thioether (sulfide) groups is 1. The van der Waals surface area contributed by atoms with Crippen molar-refractivity contribution >= 4 is 11.8 Å². The van der Waals surface area contributed by atoms with Gasteiger partial charge in [-0.3, -0.25) is 5.32 Å². The zero-order valence-corrected chi connectivity index (χ0v) is 12.8. The number of aryl methyl sites for hydroxylation is 1. The van der Waals surface area contributed by atoms with Gasteiger partial charge < -0.3 is 0 Å². The van der Waals surface area contributed by atoms with Gasteiger partial charge in [0.1, 0.15) is 5.54 Å². The summed E-state index contributed by atoms with van der Waals surface area (Å²) in [6, 6.07) is 11.5. The number of nitriles is 1. The molecule has 1 aromatic carbocycles. The van der Waals surface area contributed by atoms with E-state index in [1.807, 2.05) is 18.7 Å². The number of benzene rings is 1. The first-order valence-electron chi connectivity index (χ1n) is 6.94. The zero-order valence-electron chi connectivity index (χ0n) is 11.9. The van der Waals surface area contributed by atoms with Crippen molar-refractivity contribution in [1.29, 1.82) is 5.26 Å². The second-order valence-electron chi connectivity index (χ2n) is 5.76. The maximum atomic E-state index is 9.41. The summed E-state index contributed by atoms with van der Waals surface area (Å²) in [7, 11) is 0. The molecule has 1 aliphatic rings. The van der Waals surface area contributed by atoms with E-state index in [0.717, 1.165) is 6.42 Å². The molecule has 0 saturated heterocycles. The third-order valence-corrected chi connectivity index (χ3v) is 4.75. The molecule has 0 radical (unpaired) electrons. The molecule has 102 valence electrons. The van der Waals surface area contributed by atoms with Crippen molar-refractivity contribution in [3.63, 3.8) is 0 Å². The topological polar surface area (TPSA) is 35.8 Å². The van der Waals surface area contributed by atoms with E-state index in [0.29, 0.717) is 11.3 Å². The Morgan fingerprint density at radius 3 is 2.74 bits per heavy atom. The molecular formula is C16H22N2S. The average Bonchev–Trinajstić information content (AvgIpc) is 3.15. The molecule has 0 spiro atoms. The fourth-order valence-electron chi connectivity index (χ4n) is 2.34. The van der Waals surface area contributed by atoms with Crippen molar-refractivity contribution in [2.75, 3.05) is 0 Å². The van der Waals surface area contributed by atoms with Crippen molar-refractivity contribution in [2.24, 2.45) is 0 Å². The second-order valence-corrected chi connectivity index (χ2v) is 7.24. The monoisotopic (exact) mass is 274 g/mol. The van der Waals surface area contributed by atoms with Gasteiger partial charge in [-0.05, 0) is 44.7 Å². The largest absolute Gasteiger partial charge is 0.297 e. The zero-order chi connectivity index (χ0) is 13.9. The van der Waals surface area contributed by atoms with Gasteiger partial charge >= 0.3 is 0 Å². The van der Waals surface area contributed by atoms with Crippen molar-refractivity contribution in [3.05, 3.63) is 29.8 Å². The highest BCUT2D eigenvalue weighted by Crippen LogP contribution is 2.32. The molecule has 0 heterocycles. The lowest BCUT2D eigenvalue weighted by Crippen LogP contribution is -2.44. The van der Waals surface area contributed by atoms with E-state index in [1.165, 1.54) is 23.3 Å². The summed E-state index contributed by atoms with van der Waals surface area (Å²) in [6.07, 6.45) is 3.31. The maximum Gasteiger partial charge on any atom is 0.105 e. The van der Waals surface area contributed by atoms with Gasteiger partial charge in [0.05, 0.1) is 6.07 Å². The second kappa shape index (κ2) is 5.98. The number of nitrogens with zero attached hydrogens (tertiary/aromatic N) is 1. The Balaban J connectivity index is 1.94. The molecule has 2 nitrogen and oxygen atoms in total. The Labute approximate surface area is 120 Å². The van der Waals surface area contributed by atoms with Crippen LogP contribution in [0.3, 0.4) is 0 Å². The molecule has 1 aromatic rings. The Kier molecular flexibility index (Phi) is 4.54.